The van der Waals surface area contributed by atoms with Gasteiger partial charge in [0.25, 0.3) is 0 Å². The van der Waals surface area contributed by atoms with Crippen molar-refractivity contribution >= 4 is 5.84 Å². The van der Waals surface area contributed by atoms with Crippen LogP contribution in [0, 0.1) is 5.92 Å². The van der Waals surface area contributed by atoms with Gasteiger partial charge in [0.05, 0.1) is 11.9 Å². The second-order valence-electron chi connectivity index (χ2n) is 3.50. The number of hydrogen-bond donors (Lipinski definition) is 1. The van der Waals surface area contributed by atoms with Gasteiger partial charge in [-0.3, -0.25) is 4.99 Å². The highest BCUT2D eigenvalue weighted by molar-refractivity contribution is 5.81. The van der Waals surface area contributed by atoms with Crippen LogP contribution < -0.4 is 5.73 Å². The Kier molecular flexibility index (Phi) is 1.40. The van der Waals surface area contributed by atoms with Crippen molar-refractivity contribution < 1.29 is 0 Å². The van der Waals surface area contributed by atoms with Crippen molar-refractivity contribution in [3.05, 3.63) is 0 Å². The SMILES string of the molecule is NC(CC1CC1)=NC1CC1. The van der Waals surface area contributed by atoms with Crippen molar-refractivity contribution in [1.82, 2.24) is 0 Å². The van der Waals surface area contributed by atoms with E-state index in [1.807, 2.05) is 0 Å². The lowest BCUT2D eigenvalue weighted by atomic mass is 10.3. The molecule has 0 aromatic heterocycles. The topological polar surface area (TPSA) is 38.4 Å². The first-order chi connectivity index (χ1) is 4.84. The summed E-state index contributed by atoms with van der Waals surface area (Å²) in [5, 5.41) is 0. The fraction of sp³-hybridized carbons (Fsp3) is 0.875. The minimum absolute atomic E-state index is 0.610. The summed E-state index contributed by atoms with van der Waals surface area (Å²) >= 11 is 0. The quantitative estimate of drug-likeness (QED) is 0.463. The lowest BCUT2D eigenvalue weighted by molar-refractivity contribution is 0.874. The highest BCUT2D eigenvalue weighted by atomic mass is 14.9. The van der Waals surface area contributed by atoms with Gasteiger partial charge in [-0.15, -0.1) is 0 Å². The zero-order valence-corrected chi connectivity index (χ0v) is 6.21. The number of nitrogens with zero attached hydrogens (tertiary/aromatic N) is 1. The largest absolute Gasteiger partial charge is 0.387 e. The van der Waals surface area contributed by atoms with E-state index in [1.165, 1.54) is 25.7 Å². The average Bonchev–Trinajstić information content (AvgIpc) is 2.59. The molecule has 0 aliphatic heterocycles. The fourth-order valence-corrected chi connectivity index (χ4v) is 1.11. The normalized spacial score (nSPS) is 27.0. The molecule has 2 aliphatic rings. The third-order valence-corrected chi connectivity index (χ3v) is 2.09. The van der Waals surface area contributed by atoms with E-state index < -0.39 is 0 Å². The predicted molar refractivity (Wildman–Crippen MR) is 42.0 cm³/mol. The van der Waals surface area contributed by atoms with Crippen LogP contribution in [0.5, 0.6) is 0 Å². The summed E-state index contributed by atoms with van der Waals surface area (Å²) in [5.41, 5.74) is 5.71. The molecule has 0 aromatic rings. The Morgan fingerprint density at radius 3 is 2.50 bits per heavy atom. The van der Waals surface area contributed by atoms with E-state index in [-0.39, 0.29) is 0 Å². The van der Waals surface area contributed by atoms with Crippen LogP contribution in [0.4, 0.5) is 0 Å². The summed E-state index contributed by atoms with van der Waals surface area (Å²) in [6.45, 7) is 0. The summed E-state index contributed by atoms with van der Waals surface area (Å²) in [7, 11) is 0. The molecule has 56 valence electrons. The lowest BCUT2D eigenvalue weighted by Gasteiger charge is -1.95. The molecule has 0 aromatic carbocycles. The standard InChI is InChI=1S/C8H14N2/c9-8(5-6-1-2-6)10-7-3-4-7/h6-7H,1-5H2,(H2,9,10). The van der Waals surface area contributed by atoms with Gasteiger partial charge in [-0.2, -0.15) is 0 Å². The molecular weight excluding hydrogens is 124 g/mol. The minimum Gasteiger partial charge on any atom is -0.387 e. The zero-order chi connectivity index (χ0) is 6.97. The van der Waals surface area contributed by atoms with E-state index in [0.29, 0.717) is 6.04 Å². The molecule has 2 nitrogen and oxygen atoms in total. The Balaban J connectivity index is 1.77. The molecular formula is C8H14N2. The van der Waals surface area contributed by atoms with Gasteiger partial charge in [0, 0.05) is 6.42 Å². The maximum atomic E-state index is 5.71. The first-order valence-corrected chi connectivity index (χ1v) is 4.17. The van der Waals surface area contributed by atoms with Gasteiger partial charge in [-0.1, -0.05) is 0 Å². The summed E-state index contributed by atoms with van der Waals surface area (Å²) in [4.78, 5) is 4.36. The number of nitrogens with two attached hydrogens (primary N) is 1. The van der Waals surface area contributed by atoms with Crippen LogP contribution >= 0.6 is 0 Å². The van der Waals surface area contributed by atoms with Crippen molar-refractivity contribution in [2.75, 3.05) is 0 Å². The molecule has 2 heteroatoms. The van der Waals surface area contributed by atoms with Crippen LogP contribution in [-0.4, -0.2) is 11.9 Å². The van der Waals surface area contributed by atoms with Crippen molar-refractivity contribution in [2.45, 2.75) is 38.1 Å². The average molecular weight is 138 g/mol. The van der Waals surface area contributed by atoms with Gasteiger partial charge in [-0.25, -0.2) is 0 Å². The molecule has 2 aliphatic carbocycles. The van der Waals surface area contributed by atoms with Crippen LogP contribution in [0.3, 0.4) is 0 Å². The molecule has 0 atom stereocenters. The second kappa shape index (κ2) is 2.26. The molecule has 10 heavy (non-hydrogen) atoms. The van der Waals surface area contributed by atoms with Gasteiger partial charge in [0.2, 0.25) is 0 Å². The fourth-order valence-electron chi connectivity index (χ4n) is 1.11. The molecule has 2 N–H and O–H groups in total. The minimum atomic E-state index is 0.610. The number of rotatable bonds is 3. The summed E-state index contributed by atoms with van der Waals surface area (Å²) in [6, 6.07) is 0.610. The third-order valence-electron chi connectivity index (χ3n) is 2.09. The number of aliphatic imine (C=N–C) groups is 1. The first-order valence-electron chi connectivity index (χ1n) is 4.17. The van der Waals surface area contributed by atoms with Gasteiger partial charge in [0.1, 0.15) is 0 Å². The van der Waals surface area contributed by atoms with Gasteiger partial charge >= 0.3 is 0 Å². The monoisotopic (exact) mass is 138 g/mol. The van der Waals surface area contributed by atoms with Crippen LogP contribution in [0.2, 0.25) is 0 Å². The van der Waals surface area contributed by atoms with E-state index in [0.717, 1.165) is 18.2 Å². The third kappa shape index (κ3) is 1.72. The number of amidine groups is 1. The highest BCUT2D eigenvalue weighted by Gasteiger charge is 2.24. The van der Waals surface area contributed by atoms with Gasteiger partial charge < -0.3 is 5.73 Å². The van der Waals surface area contributed by atoms with Crippen LogP contribution in [0.15, 0.2) is 4.99 Å². The zero-order valence-electron chi connectivity index (χ0n) is 6.21. The number of hydrogen-bond acceptors (Lipinski definition) is 1. The Morgan fingerprint density at radius 2 is 2.00 bits per heavy atom. The molecule has 0 bridgehead atoms. The van der Waals surface area contributed by atoms with E-state index in [1.54, 1.807) is 0 Å². The van der Waals surface area contributed by atoms with Crippen LogP contribution in [-0.2, 0) is 0 Å². The molecule has 2 fully saturated rings. The summed E-state index contributed by atoms with van der Waals surface area (Å²) in [6.07, 6.45) is 6.36. The molecule has 0 radical (unpaired) electrons. The van der Waals surface area contributed by atoms with E-state index >= 15 is 0 Å². The first kappa shape index (κ1) is 6.20. The maximum Gasteiger partial charge on any atom is 0.0943 e. The van der Waals surface area contributed by atoms with Crippen molar-refractivity contribution in [3.8, 4) is 0 Å². The van der Waals surface area contributed by atoms with E-state index in [2.05, 4.69) is 4.99 Å². The Labute approximate surface area is 61.5 Å². The van der Waals surface area contributed by atoms with E-state index in [9.17, 15) is 0 Å². The molecule has 0 saturated heterocycles. The molecule has 2 rings (SSSR count). The Bertz CT molecular complexity index is 155. The van der Waals surface area contributed by atoms with Crippen LogP contribution in [0.25, 0.3) is 0 Å². The molecule has 0 unspecified atom stereocenters. The second-order valence-corrected chi connectivity index (χ2v) is 3.50. The van der Waals surface area contributed by atoms with Crippen molar-refractivity contribution in [1.29, 1.82) is 0 Å². The van der Waals surface area contributed by atoms with Crippen molar-refractivity contribution in [3.63, 3.8) is 0 Å². The predicted octanol–water partition coefficient (Wildman–Crippen LogP) is 1.31. The lowest BCUT2D eigenvalue weighted by Crippen LogP contribution is -2.13. The molecule has 0 heterocycles. The molecule has 0 amide bonds. The van der Waals surface area contributed by atoms with Crippen molar-refractivity contribution in [2.24, 2.45) is 16.6 Å². The highest BCUT2D eigenvalue weighted by Crippen LogP contribution is 2.33. The van der Waals surface area contributed by atoms with E-state index in [4.69, 9.17) is 5.73 Å². The Morgan fingerprint density at radius 1 is 1.30 bits per heavy atom. The summed E-state index contributed by atoms with van der Waals surface area (Å²) in [5.74, 6) is 1.80. The molecule has 0 spiro atoms. The van der Waals surface area contributed by atoms with Gasteiger partial charge in [-0.05, 0) is 31.6 Å². The maximum absolute atomic E-state index is 5.71. The Hall–Kier alpha value is -0.530. The van der Waals surface area contributed by atoms with Crippen LogP contribution in [0.1, 0.15) is 32.1 Å². The smallest absolute Gasteiger partial charge is 0.0943 e. The molecule has 2 saturated carbocycles. The van der Waals surface area contributed by atoms with Gasteiger partial charge in [0.15, 0.2) is 0 Å². The summed E-state index contributed by atoms with van der Waals surface area (Å²) < 4.78 is 0.